The Morgan fingerprint density at radius 1 is 0.629 bits per heavy atom. The van der Waals surface area contributed by atoms with Gasteiger partial charge in [-0.15, -0.1) is 0 Å². The predicted octanol–water partition coefficient (Wildman–Crippen LogP) is 8.11. The van der Waals surface area contributed by atoms with Gasteiger partial charge in [-0.25, -0.2) is 9.97 Å². The number of halogens is 2. The van der Waals surface area contributed by atoms with E-state index < -0.39 is 0 Å². The fraction of sp³-hybridized carbons (Fsp3) is 0.0667. The monoisotopic (exact) mass is 492 g/mol. The molecule has 1 heterocycles. The van der Waals surface area contributed by atoms with Gasteiger partial charge in [-0.2, -0.15) is 0 Å². The molecule has 0 amide bonds. The van der Waals surface area contributed by atoms with Gasteiger partial charge < -0.3 is 5.11 Å². The number of benzene rings is 5. The van der Waals surface area contributed by atoms with E-state index in [4.69, 9.17) is 33.2 Å². The Labute approximate surface area is 211 Å². The van der Waals surface area contributed by atoms with Gasteiger partial charge in [0.15, 0.2) is 0 Å². The molecule has 0 aliphatic heterocycles. The third-order valence-electron chi connectivity index (χ3n) is 7.00. The zero-order chi connectivity index (χ0) is 23.7. The molecule has 3 nitrogen and oxygen atoms in total. The van der Waals surface area contributed by atoms with Crippen LogP contribution in [0.4, 0.5) is 0 Å². The van der Waals surface area contributed by atoms with Gasteiger partial charge in [-0.05, 0) is 57.1 Å². The number of phenolic OH excluding ortho intramolecular Hbond substituents is 1. The molecule has 1 aliphatic rings. The molecule has 1 N–H and O–H groups in total. The Morgan fingerprint density at radius 3 is 2.00 bits per heavy atom. The maximum absolute atomic E-state index is 11.2. The summed E-state index contributed by atoms with van der Waals surface area (Å²) in [6.45, 7) is 0. The molecule has 35 heavy (non-hydrogen) atoms. The summed E-state index contributed by atoms with van der Waals surface area (Å²) in [6, 6.07) is 26.2. The van der Waals surface area contributed by atoms with E-state index in [1.54, 1.807) is 12.1 Å². The van der Waals surface area contributed by atoms with E-state index in [0.29, 0.717) is 28.6 Å². The number of rotatable bonds is 1. The van der Waals surface area contributed by atoms with E-state index >= 15 is 0 Å². The van der Waals surface area contributed by atoms with Crippen molar-refractivity contribution in [2.45, 2.75) is 12.8 Å². The predicted molar refractivity (Wildman–Crippen MR) is 144 cm³/mol. The van der Waals surface area contributed by atoms with Crippen molar-refractivity contribution in [3.63, 3.8) is 0 Å². The summed E-state index contributed by atoms with van der Waals surface area (Å²) in [5.74, 6) is 0.307. The maximum Gasteiger partial charge on any atom is 0.131 e. The molecular weight excluding hydrogens is 475 g/mol. The first-order valence-corrected chi connectivity index (χ1v) is 12.2. The smallest absolute Gasteiger partial charge is 0.131 e. The Balaban J connectivity index is 1.46. The molecule has 5 heteroatoms. The lowest BCUT2D eigenvalue weighted by molar-refractivity contribution is 0.483. The molecule has 1 aromatic heterocycles. The summed E-state index contributed by atoms with van der Waals surface area (Å²) < 4.78 is 0. The number of fused-ring (bicyclic) bond motifs is 6. The van der Waals surface area contributed by atoms with Crippen molar-refractivity contribution < 1.29 is 5.11 Å². The molecule has 5 aromatic carbocycles. The summed E-state index contributed by atoms with van der Waals surface area (Å²) in [5.41, 5.74) is 7.73. The lowest BCUT2D eigenvalue weighted by atomic mass is 9.83. The minimum atomic E-state index is 0.307. The molecule has 0 saturated carbocycles. The largest absolute Gasteiger partial charge is 0.507 e. The average Bonchev–Trinajstić information content (AvgIpc) is 2.87. The first-order chi connectivity index (χ1) is 17.1. The van der Waals surface area contributed by atoms with Crippen molar-refractivity contribution in [1.29, 1.82) is 0 Å². The molecule has 0 spiro atoms. The van der Waals surface area contributed by atoms with Crippen molar-refractivity contribution in [1.82, 2.24) is 9.97 Å². The van der Waals surface area contributed by atoms with E-state index in [1.807, 2.05) is 36.4 Å². The third-order valence-corrected chi connectivity index (χ3v) is 7.72. The summed E-state index contributed by atoms with van der Waals surface area (Å²) in [5, 5.41) is 16.4. The highest BCUT2D eigenvalue weighted by Gasteiger charge is 2.23. The molecule has 168 valence electrons. The standard InChI is InChI=1S/C30H18Cl2N2O/c31-24-14-28-29(15-25(24)32)34-27-13-22-17(12-26(27)33-28)11-23(20-8-4-3-7-19(20)22)21-10-9-16-5-1-2-6-18(16)30(21)35/h1-11,14-15,35H,12-13H2. The zero-order valence-corrected chi connectivity index (χ0v) is 20.0. The highest BCUT2D eigenvalue weighted by Crippen LogP contribution is 2.43. The summed E-state index contributed by atoms with van der Waals surface area (Å²) in [7, 11) is 0. The van der Waals surface area contributed by atoms with Crippen molar-refractivity contribution in [2.75, 3.05) is 0 Å². The highest BCUT2D eigenvalue weighted by molar-refractivity contribution is 6.42. The van der Waals surface area contributed by atoms with Crippen molar-refractivity contribution in [3.05, 3.63) is 111 Å². The minimum Gasteiger partial charge on any atom is -0.507 e. The fourth-order valence-electron chi connectivity index (χ4n) is 5.31. The van der Waals surface area contributed by atoms with Crippen LogP contribution < -0.4 is 0 Å². The Kier molecular flexibility index (Phi) is 4.54. The van der Waals surface area contributed by atoms with Crippen LogP contribution >= 0.6 is 23.2 Å². The number of hydrogen-bond acceptors (Lipinski definition) is 3. The van der Waals surface area contributed by atoms with Crippen LogP contribution in [-0.4, -0.2) is 15.1 Å². The Bertz CT molecular complexity index is 1850. The lowest BCUT2D eigenvalue weighted by Gasteiger charge is -2.23. The number of hydrogen-bond donors (Lipinski definition) is 1. The van der Waals surface area contributed by atoms with Gasteiger partial charge in [0.05, 0.1) is 32.5 Å². The molecule has 0 unspecified atom stereocenters. The SMILES string of the molecule is Oc1c(-c2cc3c(c4ccccc24)Cc2nc4cc(Cl)c(Cl)cc4nc2C3)ccc2ccccc12. The summed E-state index contributed by atoms with van der Waals surface area (Å²) in [4.78, 5) is 9.81. The van der Waals surface area contributed by atoms with Crippen LogP contribution in [0.25, 0.3) is 43.7 Å². The van der Waals surface area contributed by atoms with Crippen molar-refractivity contribution >= 4 is 55.8 Å². The second kappa shape index (κ2) is 7.67. The van der Waals surface area contributed by atoms with Crippen LogP contribution in [0.1, 0.15) is 22.5 Å². The number of phenols is 1. The van der Waals surface area contributed by atoms with Crippen LogP contribution in [0.2, 0.25) is 10.0 Å². The van der Waals surface area contributed by atoms with E-state index in [1.165, 1.54) is 16.5 Å². The molecular formula is C30H18Cl2N2O. The second-order valence-electron chi connectivity index (χ2n) is 9.02. The van der Waals surface area contributed by atoms with Crippen LogP contribution in [0.15, 0.2) is 78.9 Å². The lowest BCUT2D eigenvalue weighted by Crippen LogP contribution is -2.12. The first-order valence-electron chi connectivity index (χ1n) is 11.5. The zero-order valence-electron chi connectivity index (χ0n) is 18.5. The number of aromatic hydroxyl groups is 1. The summed E-state index contributed by atoms with van der Waals surface area (Å²) in [6.07, 6.45) is 1.36. The molecule has 6 aromatic rings. The number of aromatic nitrogens is 2. The molecule has 1 aliphatic carbocycles. The van der Waals surface area contributed by atoms with Gasteiger partial charge in [0.25, 0.3) is 0 Å². The van der Waals surface area contributed by atoms with Crippen LogP contribution in [0.3, 0.4) is 0 Å². The third kappa shape index (κ3) is 3.19. The van der Waals surface area contributed by atoms with E-state index in [9.17, 15) is 5.11 Å². The average molecular weight is 493 g/mol. The Hall–Kier alpha value is -3.66. The second-order valence-corrected chi connectivity index (χ2v) is 9.83. The van der Waals surface area contributed by atoms with Gasteiger partial charge in [0.2, 0.25) is 0 Å². The topological polar surface area (TPSA) is 46.0 Å². The summed E-state index contributed by atoms with van der Waals surface area (Å²) >= 11 is 12.5. The van der Waals surface area contributed by atoms with Crippen molar-refractivity contribution in [3.8, 4) is 16.9 Å². The van der Waals surface area contributed by atoms with Crippen molar-refractivity contribution in [2.24, 2.45) is 0 Å². The van der Waals surface area contributed by atoms with Gasteiger partial charge in [-0.1, -0.05) is 77.8 Å². The van der Waals surface area contributed by atoms with Gasteiger partial charge in [-0.3, -0.25) is 0 Å². The van der Waals surface area contributed by atoms with Gasteiger partial charge in [0, 0.05) is 23.8 Å². The normalized spacial score (nSPS) is 12.7. The van der Waals surface area contributed by atoms with Crippen LogP contribution in [0.5, 0.6) is 5.75 Å². The molecule has 7 rings (SSSR count). The first kappa shape index (κ1) is 20.7. The van der Waals surface area contributed by atoms with E-state index in [2.05, 4.69) is 30.3 Å². The maximum atomic E-state index is 11.2. The number of nitrogens with zero attached hydrogens (tertiary/aromatic N) is 2. The molecule has 0 atom stereocenters. The highest BCUT2D eigenvalue weighted by atomic mass is 35.5. The quantitative estimate of drug-likeness (QED) is 0.251. The Morgan fingerprint density at radius 2 is 1.26 bits per heavy atom. The van der Waals surface area contributed by atoms with Crippen LogP contribution in [-0.2, 0) is 12.8 Å². The minimum absolute atomic E-state index is 0.307. The molecule has 0 radical (unpaired) electrons. The molecule has 0 saturated heterocycles. The molecule has 0 bridgehead atoms. The molecule has 0 fully saturated rings. The van der Waals surface area contributed by atoms with Crippen LogP contribution in [0, 0.1) is 0 Å². The van der Waals surface area contributed by atoms with E-state index in [0.717, 1.165) is 49.7 Å². The van der Waals surface area contributed by atoms with Gasteiger partial charge >= 0.3 is 0 Å². The van der Waals surface area contributed by atoms with Gasteiger partial charge in [0.1, 0.15) is 5.75 Å². The fourth-order valence-corrected chi connectivity index (χ4v) is 5.63. The van der Waals surface area contributed by atoms with E-state index in [-0.39, 0.29) is 0 Å².